The Bertz CT molecular complexity index is 650. The maximum Gasteiger partial charge on any atom is 0.327 e. The molecule has 1 unspecified atom stereocenters. The summed E-state index contributed by atoms with van der Waals surface area (Å²) in [5.74, 6) is -2.45. The smallest absolute Gasteiger partial charge is 0.327 e. The Morgan fingerprint density at radius 1 is 1.25 bits per heavy atom. The Morgan fingerprint density at radius 3 is 2.55 bits per heavy atom. The third-order valence-corrected chi connectivity index (χ3v) is 2.79. The quantitative estimate of drug-likeness (QED) is 0.760. The number of hydrogen-bond donors (Lipinski definition) is 3. The van der Waals surface area contributed by atoms with Crippen LogP contribution in [0.25, 0.3) is 11.3 Å². The molecule has 3 N–H and O–H groups in total. The van der Waals surface area contributed by atoms with Crippen LogP contribution in [0.1, 0.15) is 12.5 Å². The summed E-state index contributed by atoms with van der Waals surface area (Å²) in [5, 5.41) is 27.5. The number of aliphatic carboxylic acids is 2. The van der Waals surface area contributed by atoms with Crippen molar-refractivity contribution < 1.29 is 24.9 Å². The molecule has 1 aromatic heterocycles. The molecule has 1 aromatic carbocycles. The lowest BCUT2D eigenvalue weighted by Gasteiger charge is -2.10. The number of hydrogen-bond acceptors (Lipinski definition) is 4. The summed E-state index contributed by atoms with van der Waals surface area (Å²) in [6.45, 7) is 0. The van der Waals surface area contributed by atoms with E-state index in [1.165, 1.54) is 23.2 Å². The van der Waals surface area contributed by atoms with Crippen LogP contribution in [0.3, 0.4) is 0 Å². The number of aromatic nitrogens is 2. The summed E-state index contributed by atoms with van der Waals surface area (Å²) in [6.07, 6.45) is 2.09. The van der Waals surface area contributed by atoms with Crippen LogP contribution in [0.5, 0.6) is 5.75 Å². The molecule has 2 rings (SSSR count). The number of phenolic OH excluding ortho intramolecular Hbond substituents is 1. The molecule has 0 radical (unpaired) electrons. The summed E-state index contributed by atoms with van der Waals surface area (Å²) in [5.41, 5.74) is 0.824. The van der Waals surface area contributed by atoms with E-state index in [0.29, 0.717) is 11.3 Å². The molecular formula is C13H12N2O5. The van der Waals surface area contributed by atoms with Crippen LogP contribution in [0, 0.1) is 0 Å². The first-order valence-corrected chi connectivity index (χ1v) is 5.75. The monoisotopic (exact) mass is 276 g/mol. The molecule has 1 atom stereocenters. The second kappa shape index (κ2) is 5.43. The van der Waals surface area contributed by atoms with E-state index < -0.39 is 24.4 Å². The van der Waals surface area contributed by atoms with Gasteiger partial charge < -0.3 is 19.9 Å². The van der Waals surface area contributed by atoms with Gasteiger partial charge in [0.2, 0.25) is 0 Å². The summed E-state index contributed by atoms with van der Waals surface area (Å²) in [6, 6.07) is 5.25. The van der Waals surface area contributed by atoms with Crippen molar-refractivity contribution in [2.45, 2.75) is 12.5 Å². The molecule has 0 bridgehead atoms. The van der Waals surface area contributed by atoms with Crippen molar-refractivity contribution in [1.29, 1.82) is 0 Å². The van der Waals surface area contributed by atoms with Gasteiger partial charge in [-0.15, -0.1) is 0 Å². The minimum absolute atomic E-state index is 0.0165. The molecule has 20 heavy (non-hydrogen) atoms. The summed E-state index contributed by atoms with van der Waals surface area (Å²) in [7, 11) is 0. The van der Waals surface area contributed by atoms with Gasteiger partial charge in [0.1, 0.15) is 11.8 Å². The maximum atomic E-state index is 11.1. The van der Waals surface area contributed by atoms with Crippen molar-refractivity contribution in [2.75, 3.05) is 0 Å². The number of carbonyl (C=O) groups is 2. The van der Waals surface area contributed by atoms with E-state index in [2.05, 4.69) is 4.98 Å². The van der Waals surface area contributed by atoms with Crippen LogP contribution in [0.15, 0.2) is 36.8 Å². The lowest BCUT2D eigenvalue weighted by molar-refractivity contribution is -0.147. The molecule has 0 saturated carbocycles. The van der Waals surface area contributed by atoms with Crippen LogP contribution >= 0.6 is 0 Å². The zero-order valence-corrected chi connectivity index (χ0v) is 10.3. The average molecular weight is 276 g/mol. The second-order valence-corrected chi connectivity index (χ2v) is 4.18. The van der Waals surface area contributed by atoms with Gasteiger partial charge in [-0.05, 0) is 12.1 Å². The van der Waals surface area contributed by atoms with E-state index in [4.69, 9.17) is 10.2 Å². The van der Waals surface area contributed by atoms with Gasteiger partial charge in [0.25, 0.3) is 0 Å². The van der Waals surface area contributed by atoms with Gasteiger partial charge in [-0.1, -0.05) is 12.1 Å². The molecule has 0 spiro atoms. The molecule has 0 saturated heterocycles. The minimum Gasteiger partial charge on any atom is -0.507 e. The molecule has 2 aromatic rings. The van der Waals surface area contributed by atoms with Crippen LogP contribution in [0.2, 0.25) is 0 Å². The number of para-hydroxylation sites is 1. The fourth-order valence-electron chi connectivity index (χ4n) is 1.82. The molecular weight excluding hydrogens is 264 g/mol. The Labute approximate surface area is 113 Å². The predicted octanol–water partition coefficient (Wildman–Crippen LogP) is 1.36. The summed E-state index contributed by atoms with van der Waals surface area (Å²) in [4.78, 5) is 25.8. The van der Waals surface area contributed by atoms with Gasteiger partial charge in [0.05, 0.1) is 18.4 Å². The van der Waals surface area contributed by atoms with Gasteiger partial charge in [-0.25, -0.2) is 9.78 Å². The molecule has 7 heteroatoms. The van der Waals surface area contributed by atoms with E-state index in [9.17, 15) is 14.7 Å². The molecule has 0 aliphatic carbocycles. The van der Waals surface area contributed by atoms with Gasteiger partial charge in [0, 0.05) is 11.8 Å². The third kappa shape index (κ3) is 2.77. The van der Waals surface area contributed by atoms with Gasteiger partial charge in [-0.3, -0.25) is 4.79 Å². The molecule has 0 amide bonds. The lowest BCUT2D eigenvalue weighted by Crippen LogP contribution is -2.21. The SMILES string of the molecule is O=C(O)CC(C(=O)O)n1cnc(-c2ccccc2O)c1. The van der Waals surface area contributed by atoms with Crippen molar-refractivity contribution in [2.24, 2.45) is 0 Å². The highest BCUT2D eigenvalue weighted by Gasteiger charge is 2.23. The molecule has 0 aliphatic rings. The molecule has 1 heterocycles. The highest BCUT2D eigenvalue weighted by atomic mass is 16.4. The average Bonchev–Trinajstić information content (AvgIpc) is 2.85. The van der Waals surface area contributed by atoms with Gasteiger partial charge in [0.15, 0.2) is 0 Å². The van der Waals surface area contributed by atoms with Crippen LogP contribution in [0.4, 0.5) is 0 Å². The summed E-state index contributed by atoms with van der Waals surface area (Å²) < 4.78 is 1.21. The van der Waals surface area contributed by atoms with E-state index >= 15 is 0 Å². The van der Waals surface area contributed by atoms with Crippen molar-refractivity contribution >= 4 is 11.9 Å². The zero-order chi connectivity index (χ0) is 14.7. The largest absolute Gasteiger partial charge is 0.507 e. The number of imidazole rings is 1. The normalized spacial score (nSPS) is 12.0. The standard InChI is InChI=1S/C13H12N2O5/c16-11-4-2-1-3-8(11)9-6-15(7-14-9)10(13(19)20)5-12(17)18/h1-4,6-7,10,16H,5H2,(H,17,18)(H,19,20). The van der Waals surface area contributed by atoms with E-state index in [1.54, 1.807) is 18.2 Å². The molecule has 0 fully saturated rings. The van der Waals surface area contributed by atoms with E-state index in [1.807, 2.05) is 0 Å². The second-order valence-electron chi connectivity index (χ2n) is 4.18. The zero-order valence-electron chi connectivity index (χ0n) is 10.3. The van der Waals surface area contributed by atoms with Crippen molar-refractivity contribution in [3.8, 4) is 17.0 Å². The first kappa shape index (κ1) is 13.6. The fraction of sp³-hybridized carbons (Fsp3) is 0.154. The molecule has 104 valence electrons. The summed E-state index contributed by atoms with van der Waals surface area (Å²) >= 11 is 0. The van der Waals surface area contributed by atoms with Crippen LogP contribution in [-0.2, 0) is 9.59 Å². The Kier molecular flexibility index (Phi) is 3.69. The first-order chi connectivity index (χ1) is 9.49. The van der Waals surface area contributed by atoms with Crippen molar-refractivity contribution in [3.05, 3.63) is 36.8 Å². The number of benzene rings is 1. The topological polar surface area (TPSA) is 113 Å². The predicted molar refractivity (Wildman–Crippen MR) is 68.3 cm³/mol. The van der Waals surface area contributed by atoms with Crippen LogP contribution in [-0.4, -0.2) is 36.8 Å². The van der Waals surface area contributed by atoms with Crippen LogP contribution < -0.4 is 0 Å². The number of rotatable bonds is 5. The number of carboxylic acid groups (broad SMARTS) is 2. The van der Waals surface area contributed by atoms with Gasteiger partial charge >= 0.3 is 11.9 Å². The third-order valence-electron chi connectivity index (χ3n) is 2.79. The Balaban J connectivity index is 2.34. The number of nitrogens with zero attached hydrogens (tertiary/aromatic N) is 2. The fourth-order valence-corrected chi connectivity index (χ4v) is 1.82. The maximum absolute atomic E-state index is 11.1. The van der Waals surface area contributed by atoms with Crippen molar-refractivity contribution in [1.82, 2.24) is 9.55 Å². The highest BCUT2D eigenvalue weighted by molar-refractivity contribution is 5.79. The number of carboxylic acids is 2. The number of aromatic hydroxyl groups is 1. The molecule has 7 nitrogen and oxygen atoms in total. The molecule has 0 aliphatic heterocycles. The minimum atomic E-state index is -1.26. The van der Waals surface area contributed by atoms with Gasteiger partial charge in [-0.2, -0.15) is 0 Å². The van der Waals surface area contributed by atoms with E-state index in [-0.39, 0.29) is 5.75 Å². The van der Waals surface area contributed by atoms with E-state index in [0.717, 1.165) is 0 Å². The Hall–Kier alpha value is -2.83. The number of phenols is 1. The first-order valence-electron chi connectivity index (χ1n) is 5.75. The Morgan fingerprint density at radius 2 is 1.95 bits per heavy atom. The lowest BCUT2D eigenvalue weighted by atomic mass is 10.1. The van der Waals surface area contributed by atoms with Crippen molar-refractivity contribution in [3.63, 3.8) is 0 Å². The highest BCUT2D eigenvalue weighted by Crippen LogP contribution is 2.28.